The molecule has 0 aromatic carbocycles. The van der Waals surface area contributed by atoms with E-state index in [9.17, 15) is 4.79 Å². The Morgan fingerprint density at radius 1 is 1.45 bits per heavy atom. The van der Waals surface area contributed by atoms with Crippen LogP contribution in [0.2, 0.25) is 0 Å². The van der Waals surface area contributed by atoms with E-state index >= 15 is 0 Å². The van der Waals surface area contributed by atoms with Gasteiger partial charge in [-0.3, -0.25) is 14.7 Å². The van der Waals surface area contributed by atoms with E-state index in [-0.39, 0.29) is 6.10 Å². The molecule has 7 heteroatoms. The summed E-state index contributed by atoms with van der Waals surface area (Å²) in [5.74, 6) is 0.553. The van der Waals surface area contributed by atoms with Gasteiger partial charge >= 0.3 is 0 Å². The van der Waals surface area contributed by atoms with Crippen LogP contribution in [0.3, 0.4) is 0 Å². The van der Waals surface area contributed by atoms with E-state index < -0.39 is 5.91 Å². The van der Waals surface area contributed by atoms with Gasteiger partial charge in [0.05, 0.1) is 24.4 Å². The first-order valence-corrected chi connectivity index (χ1v) is 7.19. The number of ether oxygens (including phenoxy) is 1. The van der Waals surface area contributed by atoms with Crippen LogP contribution in [-0.4, -0.2) is 45.0 Å². The van der Waals surface area contributed by atoms with Crippen LogP contribution in [0.15, 0.2) is 30.7 Å². The van der Waals surface area contributed by atoms with E-state index in [1.807, 2.05) is 17.8 Å². The number of nitrogens with zero attached hydrogens (tertiary/aromatic N) is 4. The van der Waals surface area contributed by atoms with Crippen LogP contribution < -0.4 is 5.73 Å². The zero-order valence-electron chi connectivity index (χ0n) is 12.5. The number of imidazole rings is 1. The number of pyridine rings is 1. The Kier molecular flexibility index (Phi) is 4.17. The number of primary amides is 1. The van der Waals surface area contributed by atoms with Crippen molar-refractivity contribution >= 4 is 5.91 Å². The van der Waals surface area contributed by atoms with E-state index in [0.717, 1.165) is 31.2 Å². The molecule has 7 nitrogen and oxygen atoms in total. The van der Waals surface area contributed by atoms with E-state index in [4.69, 9.17) is 10.5 Å². The highest BCUT2D eigenvalue weighted by atomic mass is 16.5. The molecular formula is C15H19N5O2. The second-order valence-electron chi connectivity index (χ2n) is 5.38. The van der Waals surface area contributed by atoms with Crippen LogP contribution >= 0.6 is 0 Å². The van der Waals surface area contributed by atoms with Crippen LogP contribution in [0.1, 0.15) is 28.0 Å². The molecule has 1 saturated heterocycles. The molecule has 2 aromatic heterocycles. The molecule has 0 bridgehead atoms. The molecule has 1 amide bonds. The van der Waals surface area contributed by atoms with Crippen molar-refractivity contribution < 1.29 is 9.53 Å². The molecule has 0 aliphatic carbocycles. The summed E-state index contributed by atoms with van der Waals surface area (Å²) < 4.78 is 7.81. The van der Waals surface area contributed by atoms with E-state index in [1.165, 1.54) is 6.20 Å². The van der Waals surface area contributed by atoms with Crippen molar-refractivity contribution in [1.29, 1.82) is 0 Å². The van der Waals surface area contributed by atoms with Crippen LogP contribution in [0.5, 0.6) is 0 Å². The Balaban J connectivity index is 1.67. The lowest BCUT2D eigenvalue weighted by atomic mass is 10.1. The number of carbonyl (C=O) groups is 1. The second kappa shape index (κ2) is 6.25. The minimum Gasteiger partial charge on any atom is -0.369 e. The number of rotatable bonds is 4. The van der Waals surface area contributed by atoms with Crippen molar-refractivity contribution in [3.63, 3.8) is 0 Å². The third-order valence-corrected chi connectivity index (χ3v) is 3.84. The number of nitrogens with two attached hydrogens (primary N) is 1. The van der Waals surface area contributed by atoms with Crippen LogP contribution in [0.4, 0.5) is 0 Å². The van der Waals surface area contributed by atoms with Gasteiger partial charge in [-0.05, 0) is 12.1 Å². The molecule has 22 heavy (non-hydrogen) atoms. The normalized spacial score (nSPS) is 19.2. The molecule has 2 aromatic rings. The van der Waals surface area contributed by atoms with Crippen LogP contribution in [0.25, 0.3) is 0 Å². The molecule has 1 atom stereocenters. The summed E-state index contributed by atoms with van der Waals surface area (Å²) in [7, 11) is 1.99. The summed E-state index contributed by atoms with van der Waals surface area (Å²) >= 11 is 0. The number of hydrogen-bond acceptors (Lipinski definition) is 5. The maximum atomic E-state index is 11.1. The fraction of sp³-hybridized carbons (Fsp3) is 0.400. The molecule has 0 radical (unpaired) electrons. The predicted octanol–water partition coefficient (Wildman–Crippen LogP) is 0.488. The quantitative estimate of drug-likeness (QED) is 0.888. The molecule has 1 fully saturated rings. The minimum atomic E-state index is -0.472. The number of aryl methyl sites for hydroxylation is 1. The van der Waals surface area contributed by atoms with Crippen molar-refractivity contribution in [1.82, 2.24) is 19.4 Å². The standard InChI is InChI=1S/C15H19N5O2/c1-19-5-4-17-14(19)10-20-6-7-22-13(9-20)12-3-2-11(8-18-12)15(16)21/h2-5,8,13H,6-7,9-10H2,1H3,(H2,16,21)/t13-/m1/s1. The molecule has 3 heterocycles. The Labute approximate surface area is 128 Å². The molecule has 0 saturated carbocycles. The van der Waals surface area contributed by atoms with E-state index in [2.05, 4.69) is 14.9 Å². The third-order valence-electron chi connectivity index (χ3n) is 3.84. The van der Waals surface area contributed by atoms with Gasteiger partial charge in [0.25, 0.3) is 0 Å². The predicted molar refractivity (Wildman–Crippen MR) is 79.9 cm³/mol. The number of hydrogen-bond donors (Lipinski definition) is 1. The number of amides is 1. The highest BCUT2D eigenvalue weighted by Crippen LogP contribution is 2.21. The highest BCUT2D eigenvalue weighted by molar-refractivity contribution is 5.92. The van der Waals surface area contributed by atoms with Crippen LogP contribution in [0, 0.1) is 0 Å². The highest BCUT2D eigenvalue weighted by Gasteiger charge is 2.24. The molecule has 1 aliphatic rings. The lowest BCUT2D eigenvalue weighted by Crippen LogP contribution is -2.38. The van der Waals surface area contributed by atoms with Gasteiger partial charge in [-0.15, -0.1) is 0 Å². The molecule has 2 N–H and O–H groups in total. The first-order chi connectivity index (χ1) is 10.6. The van der Waals surface area contributed by atoms with Gasteiger partial charge in [0, 0.05) is 38.7 Å². The SMILES string of the molecule is Cn1ccnc1CN1CCO[C@@H](c2ccc(C(N)=O)cn2)C1. The fourth-order valence-corrected chi connectivity index (χ4v) is 2.52. The van der Waals surface area contributed by atoms with Gasteiger partial charge in [0.15, 0.2) is 0 Å². The van der Waals surface area contributed by atoms with E-state index in [0.29, 0.717) is 12.2 Å². The maximum Gasteiger partial charge on any atom is 0.250 e. The molecular weight excluding hydrogens is 282 g/mol. The van der Waals surface area contributed by atoms with Gasteiger partial charge in [-0.2, -0.15) is 0 Å². The zero-order chi connectivity index (χ0) is 15.5. The minimum absolute atomic E-state index is 0.101. The Hall–Kier alpha value is -2.25. The van der Waals surface area contributed by atoms with Crippen molar-refractivity contribution in [3.8, 4) is 0 Å². The fourth-order valence-electron chi connectivity index (χ4n) is 2.52. The summed E-state index contributed by atoms with van der Waals surface area (Å²) in [5, 5.41) is 0. The molecule has 0 unspecified atom stereocenters. The lowest BCUT2D eigenvalue weighted by Gasteiger charge is -2.32. The first kappa shape index (κ1) is 14.7. The summed E-state index contributed by atoms with van der Waals surface area (Å²) in [4.78, 5) is 22.0. The average molecular weight is 301 g/mol. The lowest BCUT2D eigenvalue weighted by molar-refractivity contribution is -0.0359. The molecule has 116 valence electrons. The Morgan fingerprint density at radius 3 is 2.95 bits per heavy atom. The van der Waals surface area contributed by atoms with Crippen LogP contribution in [-0.2, 0) is 18.3 Å². The van der Waals surface area contributed by atoms with E-state index in [1.54, 1.807) is 18.3 Å². The van der Waals surface area contributed by atoms with Crippen molar-refractivity contribution in [2.24, 2.45) is 12.8 Å². The molecule has 3 rings (SSSR count). The number of morpholine rings is 1. The first-order valence-electron chi connectivity index (χ1n) is 7.19. The van der Waals surface area contributed by atoms with Crippen molar-refractivity contribution in [2.75, 3.05) is 19.7 Å². The largest absolute Gasteiger partial charge is 0.369 e. The van der Waals surface area contributed by atoms with Gasteiger partial charge in [-0.1, -0.05) is 0 Å². The van der Waals surface area contributed by atoms with Crippen molar-refractivity contribution in [2.45, 2.75) is 12.6 Å². The van der Waals surface area contributed by atoms with Crippen molar-refractivity contribution in [3.05, 3.63) is 47.8 Å². The summed E-state index contributed by atoms with van der Waals surface area (Å²) in [6, 6.07) is 3.49. The maximum absolute atomic E-state index is 11.1. The monoisotopic (exact) mass is 301 g/mol. The topological polar surface area (TPSA) is 86.3 Å². The average Bonchev–Trinajstić information content (AvgIpc) is 2.93. The number of aromatic nitrogens is 3. The summed E-state index contributed by atoms with van der Waals surface area (Å²) in [6.07, 6.45) is 5.14. The zero-order valence-corrected chi connectivity index (χ0v) is 12.5. The van der Waals surface area contributed by atoms with Gasteiger partial charge in [-0.25, -0.2) is 4.98 Å². The molecule has 0 spiro atoms. The van der Waals surface area contributed by atoms with Gasteiger partial charge in [0.1, 0.15) is 11.9 Å². The van der Waals surface area contributed by atoms with Gasteiger partial charge < -0.3 is 15.0 Å². The third kappa shape index (κ3) is 3.15. The smallest absolute Gasteiger partial charge is 0.250 e. The van der Waals surface area contributed by atoms with Gasteiger partial charge in [0.2, 0.25) is 5.91 Å². The second-order valence-corrected chi connectivity index (χ2v) is 5.38. The Morgan fingerprint density at radius 2 is 2.32 bits per heavy atom. The molecule has 1 aliphatic heterocycles. The number of carbonyl (C=O) groups excluding carboxylic acids is 1. The summed E-state index contributed by atoms with van der Waals surface area (Å²) in [5.41, 5.74) is 6.45. The summed E-state index contributed by atoms with van der Waals surface area (Å²) in [6.45, 7) is 3.04. The Bertz CT molecular complexity index is 652.